The van der Waals surface area contributed by atoms with E-state index in [0.29, 0.717) is 6.54 Å². The Balaban J connectivity index is 2.28. The lowest BCUT2D eigenvalue weighted by Crippen LogP contribution is -2.60. The molecule has 1 aromatic rings. The van der Waals surface area contributed by atoms with Crippen LogP contribution in [0.4, 0.5) is 0 Å². The lowest BCUT2D eigenvalue weighted by Gasteiger charge is -2.45. The van der Waals surface area contributed by atoms with E-state index in [4.69, 9.17) is 9.47 Å². The van der Waals surface area contributed by atoms with Crippen LogP contribution in [0, 0.1) is 0 Å². The number of morpholine rings is 1. The lowest BCUT2D eigenvalue weighted by atomic mass is 10.0. The first kappa shape index (κ1) is 13.3. The summed E-state index contributed by atoms with van der Waals surface area (Å²) < 4.78 is 11.6. The Morgan fingerprint density at radius 2 is 1.94 bits per heavy atom. The van der Waals surface area contributed by atoms with Crippen LogP contribution in [0.2, 0.25) is 0 Å². The highest BCUT2D eigenvalue weighted by atomic mass is 16.6. The van der Waals surface area contributed by atoms with Crippen LogP contribution in [0.25, 0.3) is 0 Å². The molecule has 2 atom stereocenters. The van der Waals surface area contributed by atoms with E-state index in [9.17, 15) is 5.11 Å². The molecule has 1 heterocycles. The first-order valence-electron chi connectivity index (χ1n) is 6.21. The van der Waals surface area contributed by atoms with Crippen molar-refractivity contribution in [3.05, 3.63) is 29.8 Å². The fourth-order valence-electron chi connectivity index (χ4n) is 2.76. The quantitative estimate of drug-likeness (QED) is 0.807. The van der Waals surface area contributed by atoms with Gasteiger partial charge in [-0.15, -0.1) is 0 Å². The number of likely N-dealkylation sites (N-methyl/N-ethyl adjacent to an activating group) is 1. The van der Waals surface area contributed by atoms with Crippen molar-refractivity contribution in [3.8, 4) is 5.75 Å². The SMILES string of the molecule is COc1ccc([C@@]2(O)C[N+](C)(C)C[C@@H](C)O2)cc1. The zero-order chi connectivity index (χ0) is 13.4. The number of ether oxygens (including phenoxy) is 2. The second-order valence-electron chi connectivity index (χ2n) is 5.72. The van der Waals surface area contributed by atoms with Gasteiger partial charge in [0, 0.05) is 5.56 Å². The fourth-order valence-corrected chi connectivity index (χ4v) is 2.76. The summed E-state index contributed by atoms with van der Waals surface area (Å²) >= 11 is 0. The molecule has 0 radical (unpaired) electrons. The number of benzene rings is 1. The molecular formula is C14H22NO3+. The van der Waals surface area contributed by atoms with Crippen LogP contribution in [-0.4, -0.2) is 50.0 Å². The molecule has 0 aliphatic carbocycles. The Kier molecular flexibility index (Phi) is 3.36. The van der Waals surface area contributed by atoms with Crippen molar-refractivity contribution in [1.29, 1.82) is 0 Å². The van der Waals surface area contributed by atoms with E-state index in [-0.39, 0.29) is 6.10 Å². The number of nitrogens with zero attached hydrogens (tertiary/aromatic N) is 1. The van der Waals surface area contributed by atoms with E-state index < -0.39 is 5.79 Å². The summed E-state index contributed by atoms with van der Waals surface area (Å²) in [5.74, 6) is -0.437. The molecule has 1 saturated heterocycles. The maximum absolute atomic E-state index is 10.7. The van der Waals surface area contributed by atoms with E-state index >= 15 is 0 Å². The normalized spacial score (nSPS) is 31.1. The molecule has 0 saturated carbocycles. The Bertz CT molecular complexity index is 416. The predicted molar refractivity (Wildman–Crippen MR) is 69.3 cm³/mol. The molecule has 100 valence electrons. The van der Waals surface area contributed by atoms with Crippen LogP contribution in [0.15, 0.2) is 24.3 Å². The third kappa shape index (κ3) is 2.66. The summed E-state index contributed by atoms with van der Waals surface area (Å²) in [6.07, 6.45) is 0.0286. The zero-order valence-corrected chi connectivity index (χ0v) is 11.5. The molecular weight excluding hydrogens is 230 g/mol. The molecule has 0 bridgehead atoms. The minimum absolute atomic E-state index is 0.0286. The first-order valence-corrected chi connectivity index (χ1v) is 6.21. The fraction of sp³-hybridized carbons (Fsp3) is 0.571. The van der Waals surface area contributed by atoms with Crippen molar-refractivity contribution in [3.63, 3.8) is 0 Å². The van der Waals surface area contributed by atoms with Crippen LogP contribution < -0.4 is 4.74 Å². The Hall–Kier alpha value is -1.10. The van der Waals surface area contributed by atoms with Crippen molar-refractivity contribution in [2.75, 3.05) is 34.3 Å². The highest BCUT2D eigenvalue weighted by molar-refractivity contribution is 5.30. The summed E-state index contributed by atoms with van der Waals surface area (Å²) in [6.45, 7) is 3.44. The van der Waals surface area contributed by atoms with Gasteiger partial charge in [-0.25, -0.2) is 0 Å². The average molecular weight is 252 g/mol. The van der Waals surface area contributed by atoms with Crippen LogP contribution in [0.1, 0.15) is 12.5 Å². The monoisotopic (exact) mass is 252 g/mol. The standard InChI is InChI=1S/C14H22NO3/c1-11-9-15(2,3)10-14(16,18-11)12-5-7-13(17-4)8-6-12/h5-8,11,16H,9-10H2,1-4H3/q+1/t11-,14-/m1/s1. The Morgan fingerprint density at radius 1 is 1.33 bits per heavy atom. The second-order valence-corrected chi connectivity index (χ2v) is 5.72. The summed E-state index contributed by atoms with van der Waals surface area (Å²) in [7, 11) is 5.84. The molecule has 0 spiro atoms. The molecule has 1 aliphatic heterocycles. The van der Waals surface area contributed by atoms with Gasteiger partial charge in [0.25, 0.3) is 0 Å². The minimum Gasteiger partial charge on any atom is -0.497 e. The third-order valence-corrected chi connectivity index (χ3v) is 3.33. The zero-order valence-electron chi connectivity index (χ0n) is 11.5. The molecule has 1 N–H and O–H groups in total. The molecule has 18 heavy (non-hydrogen) atoms. The lowest BCUT2D eigenvalue weighted by molar-refractivity contribution is -0.916. The number of hydrogen-bond donors (Lipinski definition) is 1. The average Bonchev–Trinajstić information content (AvgIpc) is 2.26. The summed E-state index contributed by atoms with van der Waals surface area (Å²) in [6, 6.07) is 7.40. The predicted octanol–water partition coefficient (Wildman–Crippen LogP) is 1.34. The number of aliphatic hydroxyl groups is 1. The minimum atomic E-state index is -1.21. The summed E-state index contributed by atoms with van der Waals surface area (Å²) in [5.41, 5.74) is 0.779. The van der Waals surface area contributed by atoms with E-state index in [0.717, 1.165) is 22.3 Å². The Labute approximate surface area is 108 Å². The van der Waals surface area contributed by atoms with Gasteiger partial charge in [-0.05, 0) is 31.2 Å². The first-order chi connectivity index (χ1) is 8.35. The molecule has 4 heteroatoms. The van der Waals surface area contributed by atoms with Gasteiger partial charge in [0.15, 0.2) is 0 Å². The van der Waals surface area contributed by atoms with Gasteiger partial charge in [-0.2, -0.15) is 0 Å². The van der Waals surface area contributed by atoms with Crippen LogP contribution in [-0.2, 0) is 10.5 Å². The van der Waals surface area contributed by atoms with Crippen molar-refractivity contribution in [2.24, 2.45) is 0 Å². The van der Waals surface area contributed by atoms with Crippen molar-refractivity contribution in [1.82, 2.24) is 0 Å². The highest BCUT2D eigenvalue weighted by Gasteiger charge is 2.45. The third-order valence-electron chi connectivity index (χ3n) is 3.33. The smallest absolute Gasteiger partial charge is 0.244 e. The number of hydrogen-bond acceptors (Lipinski definition) is 3. The van der Waals surface area contributed by atoms with Crippen molar-refractivity contribution >= 4 is 0 Å². The molecule has 1 fully saturated rings. The van der Waals surface area contributed by atoms with E-state index in [1.165, 1.54) is 0 Å². The van der Waals surface area contributed by atoms with Crippen molar-refractivity contribution in [2.45, 2.75) is 18.8 Å². The highest BCUT2D eigenvalue weighted by Crippen LogP contribution is 2.32. The van der Waals surface area contributed by atoms with Gasteiger partial charge in [-0.3, -0.25) is 0 Å². The van der Waals surface area contributed by atoms with E-state index in [2.05, 4.69) is 14.1 Å². The van der Waals surface area contributed by atoms with Gasteiger partial charge in [0.05, 0.1) is 21.2 Å². The molecule has 0 aromatic heterocycles. The number of methoxy groups -OCH3 is 1. The molecule has 4 nitrogen and oxygen atoms in total. The maximum Gasteiger partial charge on any atom is 0.244 e. The van der Waals surface area contributed by atoms with E-state index in [1.807, 2.05) is 31.2 Å². The maximum atomic E-state index is 10.7. The molecule has 0 amide bonds. The summed E-state index contributed by atoms with van der Waals surface area (Å²) in [5, 5.41) is 10.7. The summed E-state index contributed by atoms with van der Waals surface area (Å²) in [4.78, 5) is 0. The van der Waals surface area contributed by atoms with Gasteiger partial charge in [0.1, 0.15) is 24.9 Å². The van der Waals surface area contributed by atoms with Gasteiger partial charge in [0.2, 0.25) is 5.79 Å². The van der Waals surface area contributed by atoms with Crippen molar-refractivity contribution < 1.29 is 19.1 Å². The topological polar surface area (TPSA) is 38.7 Å². The number of quaternary nitrogens is 1. The van der Waals surface area contributed by atoms with Crippen LogP contribution in [0.3, 0.4) is 0 Å². The van der Waals surface area contributed by atoms with Gasteiger partial charge >= 0.3 is 0 Å². The van der Waals surface area contributed by atoms with E-state index in [1.54, 1.807) is 7.11 Å². The number of rotatable bonds is 2. The molecule has 1 aromatic carbocycles. The van der Waals surface area contributed by atoms with Crippen LogP contribution in [0.5, 0.6) is 5.75 Å². The van der Waals surface area contributed by atoms with Gasteiger partial charge in [-0.1, -0.05) is 0 Å². The van der Waals surface area contributed by atoms with Gasteiger partial charge < -0.3 is 19.1 Å². The second kappa shape index (κ2) is 4.53. The Morgan fingerprint density at radius 3 is 2.44 bits per heavy atom. The molecule has 1 aliphatic rings. The largest absolute Gasteiger partial charge is 0.497 e. The van der Waals surface area contributed by atoms with Crippen LogP contribution >= 0.6 is 0 Å². The molecule has 2 rings (SSSR count). The molecule has 0 unspecified atom stereocenters.